The molecule has 0 aliphatic heterocycles. The molecule has 0 bridgehead atoms. The highest BCUT2D eigenvalue weighted by Gasteiger charge is 2.38. The van der Waals surface area contributed by atoms with Crippen molar-refractivity contribution < 1.29 is 27.2 Å². The maximum atomic E-state index is 12.9. The van der Waals surface area contributed by atoms with Crippen LogP contribution in [0.15, 0.2) is 41.0 Å². The number of hydrogen-bond donors (Lipinski definition) is 2. The molecule has 1 aromatic heterocycles. The number of nitrogens with one attached hydrogen (secondary N) is 1. The lowest BCUT2D eigenvalue weighted by Crippen LogP contribution is -2.52. The molecule has 2 rings (SSSR count). The van der Waals surface area contributed by atoms with Gasteiger partial charge in [-0.25, -0.2) is 0 Å². The van der Waals surface area contributed by atoms with E-state index < -0.39 is 29.1 Å². The normalized spacial score (nSPS) is 14.0. The van der Waals surface area contributed by atoms with E-state index in [2.05, 4.69) is 5.32 Å². The highest BCUT2D eigenvalue weighted by molar-refractivity contribution is 5.98. The minimum absolute atomic E-state index is 0.0468. The molecule has 0 unspecified atom stereocenters. The Hall–Kier alpha value is -2.77. The van der Waals surface area contributed by atoms with Crippen LogP contribution in [0.5, 0.6) is 0 Å². The molecule has 8 heteroatoms. The van der Waals surface area contributed by atoms with Crippen molar-refractivity contribution in [3.63, 3.8) is 0 Å². The standard InChI is InChI=1S/C16H15F3N2O3/c1-9-6-7-24-12(9)13(22)21-15(2,14(20)23)10-4-3-5-11(8-10)16(17,18)19/h3-8H,1-2H3,(H2,20,23)(H,21,22)/t15-/m0/s1. The summed E-state index contributed by atoms with van der Waals surface area (Å²) < 4.78 is 43.7. The van der Waals surface area contributed by atoms with Gasteiger partial charge in [0.2, 0.25) is 5.91 Å². The number of benzene rings is 1. The molecule has 0 fully saturated rings. The van der Waals surface area contributed by atoms with Crippen molar-refractivity contribution in [3.8, 4) is 0 Å². The van der Waals surface area contributed by atoms with Crippen molar-refractivity contribution in [1.82, 2.24) is 5.32 Å². The largest absolute Gasteiger partial charge is 0.459 e. The summed E-state index contributed by atoms with van der Waals surface area (Å²) in [4.78, 5) is 24.1. The molecule has 0 spiro atoms. The van der Waals surface area contributed by atoms with Crippen molar-refractivity contribution in [1.29, 1.82) is 0 Å². The lowest BCUT2D eigenvalue weighted by atomic mass is 9.89. The fraction of sp³-hybridized carbons (Fsp3) is 0.250. The summed E-state index contributed by atoms with van der Waals surface area (Å²) in [5.41, 5.74) is 2.99. The fourth-order valence-electron chi connectivity index (χ4n) is 2.17. The first-order valence-electron chi connectivity index (χ1n) is 6.90. The second kappa shape index (κ2) is 6.03. The van der Waals surface area contributed by atoms with Gasteiger partial charge in [0, 0.05) is 5.56 Å². The highest BCUT2D eigenvalue weighted by atomic mass is 19.4. The summed E-state index contributed by atoms with van der Waals surface area (Å²) >= 11 is 0. The average molecular weight is 340 g/mol. The smallest absolute Gasteiger partial charge is 0.416 e. The summed E-state index contributed by atoms with van der Waals surface area (Å²) in [6, 6.07) is 5.61. The van der Waals surface area contributed by atoms with Crippen LogP contribution >= 0.6 is 0 Å². The Bertz CT molecular complexity index is 783. The minimum atomic E-state index is -4.59. The Balaban J connectivity index is 2.43. The summed E-state index contributed by atoms with van der Waals surface area (Å²) in [5.74, 6) is -1.80. The lowest BCUT2D eigenvalue weighted by molar-refractivity contribution is -0.137. The van der Waals surface area contributed by atoms with Gasteiger partial charge in [-0.1, -0.05) is 12.1 Å². The number of halogens is 3. The number of alkyl halides is 3. The zero-order valence-corrected chi connectivity index (χ0v) is 12.9. The summed E-state index contributed by atoms with van der Waals surface area (Å²) in [6.07, 6.45) is -3.30. The quantitative estimate of drug-likeness (QED) is 0.897. The molecule has 2 amide bonds. The van der Waals surface area contributed by atoms with Crippen molar-refractivity contribution in [2.24, 2.45) is 5.73 Å². The SMILES string of the molecule is Cc1ccoc1C(=O)N[C@](C)(C(N)=O)c1cccc(C(F)(F)F)c1. The van der Waals surface area contributed by atoms with Crippen LogP contribution in [-0.2, 0) is 16.5 Å². The van der Waals surface area contributed by atoms with E-state index in [0.717, 1.165) is 18.2 Å². The van der Waals surface area contributed by atoms with E-state index in [-0.39, 0.29) is 11.3 Å². The van der Waals surface area contributed by atoms with Gasteiger partial charge in [-0.3, -0.25) is 9.59 Å². The Morgan fingerprint density at radius 3 is 2.29 bits per heavy atom. The first-order valence-corrected chi connectivity index (χ1v) is 6.90. The Morgan fingerprint density at radius 2 is 1.79 bits per heavy atom. The highest BCUT2D eigenvalue weighted by Crippen LogP contribution is 2.32. The second-order valence-corrected chi connectivity index (χ2v) is 5.45. The zero-order chi connectivity index (χ0) is 18.1. The van der Waals surface area contributed by atoms with Gasteiger partial charge in [-0.05, 0) is 37.6 Å². The van der Waals surface area contributed by atoms with Gasteiger partial charge < -0.3 is 15.5 Å². The molecule has 128 valence electrons. The number of carbonyl (C=O) groups is 2. The van der Waals surface area contributed by atoms with E-state index in [1.165, 1.54) is 19.3 Å². The fourth-order valence-corrected chi connectivity index (χ4v) is 2.17. The number of primary amides is 1. The lowest BCUT2D eigenvalue weighted by Gasteiger charge is -2.28. The van der Waals surface area contributed by atoms with Gasteiger partial charge in [0.05, 0.1) is 11.8 Å². The number of rotatable bonds is 4. The van der Waals surface area contributed by atoms with Crippen LogP contribution in [-0.4, -0.2) is 11.8 Å². The van der Waals surface area contributed by atoms with Crippen LogP contribution < -0.4 is 11.1 Å². The van der Waals surface area contributed by atoms with Gasteiger partial charge >= 0.3 is 6.18 Å². The predicted octanol–water partition coefficient (Wildman–Crippen LogP) is 2.74. The third-order valence-electron chi connectivity index (χ3n) is 3.69. The third-order valence-corrected chi connectivity index (χ3v) is 3.69. The van der Waals surface area contributed by atoms with Crippen LogP contribution in [0.1, 0.15) is 34.2 Å². The summed E-state index contributed by atoms with van der Waals surface area (Å²) in [7, 11) is 0. The molecule has 3 N–H and O–H groups in total. The van der Waals surface area contributed by atoms with Crippen LogP contribution in [0.3, 0.4) is 0 Å². The van der Waals surface area contributed by atoms with Gasteiger partial charge in [-0.15, -0.1) is 0 Å². The molecule has 2 aromatic rings. The topological polar surface area (TPSA) is 85.3 Å². The second-order valence-electron chi connectivity index (χ2n) is 5.45. The molecular weight excluding hydrogens is 325 g/mol. The Labute approximate surface area is 135 Å². The van der Waals surface area contributed by atoms with E-state index in [0.29, 0.717) is 5.56 Å². The van der Waals surface area contributed by atoms with E-state index in [1.807, 2.05) is 0 Å². The molecule has 5 nitrogen and oxygen atoms in total. The molecule has 0 saturated carbocycles. The van der Waals surface area contributed by atoms with Crippen molar-refractivity contribution in [3.05, 3.63) is 59.0 Å². The molecule has 1 heterocycles. The summed E-state index contributed by atoms with van der Waals surface area (Å²) in [5, 5.41) is 2.36. The van der Waals surface area contributed by atoms with Crippen molar-refractivity contribution >= 4 is 11.8 Å². The van der Waals surface area contributed by atoms with Crippen LogP contribution in [0, 0.1) is 6.92 Å². The number of nitrogens with two attached hydrogens (primary N) is 1. The van der Waals surface area contributed by atoms with Crippen LogP contribution in [0.4, 0.5) is 13.2 Å². The number of hydrogen-bond acceptors (Lipinski definition) is 3. The van der Waals surface area contributed by atoms with E-state index >= 15 is 0 Å². The molecular formula is C16H15F3N2O3. The first-order chi connectivity index (χ1) is 11.1. The van der Waals surface area contributed by atoms with Gasteiger partial charge in [0.25, 0.3) is 5.91 Å². The molecule has 0 radical (unpaired) electrons. The zero-order valence-electron chi connectivity index (χ0n) is 12.9. The van der Waals surface area contributed by atoms with E-state index in [9.17, 15) is 22.8 Å². The monoisotopic (exact) mass is 340 g/mol. The summed E-state index contributed by atoms with van der Waals surface area (Å²) in [6.45, 7) is 2.85. The number of amides is 2. The molecule has 24 heavy (non-hydrogen) atoms. The maximum Gasteiger partial charge on any atom is 0.416 e. The van der Waals surface area contributed by atoms with Crippen molar-refractivity contribution in [2.45, 2.75) is 25.6 Å². The van der Waals surface area contributed by atoms with Crippen LogP contribution in [0.25, 0.3) is 0 Å². The van der Waals surface area contributed by atoms with E-state index in [1.54, 1.807) is 13.0 Å². The minimum Gasteiger partial charge on any atom is -0.459 e. The molecule has 1 aromatic carbocycles. The molecule has 0 aliphatic carbocycles. The predicted molar refractivity (Wildman–Crippen MR) is 78.9 cm³/mol. The number of aryl methyl sites for hydroxylation is 1. The molecule has 0 aliphatic rings. The number of furan rings is 1. The molecule has 1 atom stereocenters. The molecule has 0 saturated heterocycles. The van der Waals surface area contributed by atoms with Crippen LogP contribution in [0.2, 0.25) is 0 Å². The first kappa shape index (κ1) is 17.6. The average Bonchev–Trinajstić information content (AvgIpc) is 2.92. The van der Waals surface area contributed by atoms with Gasteiger partial charge in [0.1, 0.15) is 5.54 Å². The van der Waals surface area contributed by atoms with Gasteiger partial charge in [-0.2, -0.15) is 13.2 Å². The Morgan fingerprint density at radius 1 is 1.17 bits per heavy atom. The van der Waals surface area contributed by atoms with Crippen molar-refractivity contribution in [2.75, 3.05) is 0 Å². The number of carbonyl (C=O) groups excluding carboxylic acids is 2. The van der Waals surface area contributed by atoms with E-state index in [4.69, 9.17) is 10.2 Å². The maximum absolute atomic E-state index is 12.9. The third kappa shape index (κ3) is 3.27. The van der Waals surface area contributed by atoms with Gasteiger partial charge in [0.15, 0.2) is 5.76 Å². The Kier molecular flexibility index (Phi) is 4.42.